The lowest BCUT2D eigenvalue weighted by atomic mass is 10.0. The van der Waals surface area contributed by atoms with E-state index in [4.69, 9.17) is 4.74 Å². The summed E-state index contributed by atoms with van der Waals surface area (Å²) in [4.78, 5) is 31.7. The van der Waals surface area contributed by atoms with Gasteiger partial charge < -0.3 is 9.47 Å². The van der Waals surface area contributed by atoms with Crippen LogP contribution in [0.4, 0.5) is 26.3 Å². The van der Waals surface area contributed by atoms with E-state index < -0.39 is 35.1 Å². The van der Waals surface area contributed by atoms with E-state index in [9.17, 15) is 35.9 Å². The van der Waals surface area contributed by atoms with Crippen molar-refractivity contribution < 1.29 is 40.6 Å². The summed E-state index contributed by atoms with van der Waals surface area (Å²) in [7, 11) is 2.19. The summed E-state index contributed by atoms with van der Waals surface area (Å²) in [5, 5.41) is 0. The van der Waals surface area contributed by atoms with E-state index in [1.54, 1.807) is 0 Å². The SMILES string of the molecule is COC(=O)c1cnc(-n2ccc(C(F)(F)F)cc2=O)cc1-c1cc(C(F)(F)F)ncc1OC. The Kier molecular flexibility index (Phi) is 6.16. The number of alkyl halides is 6. The molecule has 3 rings (SSSR count). The minimum absolute atomic E-state index is 0.148. The van der Waals surface area contributed by atoms with Crippen molar-refractivity contribution in [3.63, 3.8) is 0 Å². The predicted molar refractivity (Wildman–Crippen MR) is 101 cm³/mol. The van der Waals surface area contributed by atoms with Gasteiger partial charge in [0.1, 0.15) is 17.3 Å². The van der Waals surface area contributed by atoms with Crippen LogP contribution in [0.5, 0.6) is 5.75 Å². The maximum absolute atomic E-state index is 13.2. The van der Waals surface area contributed by atoms with E-state index in [1.807, 2.05) is 0 Å². The smallest absolute Gasteiger partial charge is 0.433 e. The molecule has 0 N–H and O–H groups in total. The monoisotopic (exact) mass is 473 g/mol. The second-order valence-electron chi connectivity index (χ2n) is 6.47. The number of carbonyl (C=O) groups is 1. The van der Waals surface area contributed by atoms with Gasteiger partial charge in [-0.05, 0) is 18.2 Å². The highest BCUT2D eigenvalue weighted by Crippen LogP contribution is 2.37. The molecule has 0 atom stereocenters. The summed E-state index contributed by atoms with van der Waals surface area (Å²) >= 11 is 0. The van der Waals surface area contributed by atoms with Gasteiger partial charge in [-0.2, -0.15) is 26.3 Å². The third-order valence-electron chi connectivity index (χ3n) is 4.46. The van der Waals surface area contributed by atoms with Crippen LogP contribution in [-0.4, -0.2) is 34.7 Å². The first-order valence-corrected chi connectivity index (χ1v) is 8.87. The number of pyridine rings is 3. The van der Waals surface area contributed by atoms with Crippen molar-refractivity contribution in [2.45, 2.75) is 12.4 Å². The third-order valence-corrected chi connectivity index (χ3v) is 4.46. The summed E-state index contributed by atoms with van der Waals surface area (Å²) < 4.78 is 88.7. The highest BCUT2D eigenvalue weighted by Gasteiger charge is 2.34. The van der Waals surface area contributed by atoms with Crippen molar-refractivity contribution in [3.8, 4) is 22.7 Å². The molecule has 0 saturated heterocycles. The van der Waals surface area contributed by atoms with Gasteiger partial charge in [0.2, 0.25) is 0 Å². The van der Waals surface area contributed by atoms with Crippen molar-refractivity contribution in [3.05, 3.63) is 70.0 Å². The normalized spacial score (nSPS) is 11.9. The molecule has 3 aromatic heterocycles. The van der Waals surface area contributed by atoms with Crippen LogP contribution in [0.25, 0.3) is 16.9 Å². The summed E-state index contributed by atoms with van der Waals surface area (Å²) in [5.41, 5.74) is -4.28. The standard InChI is InChI=1S/C20H13F6N3O4/c1-32-14-9-27-15(20(24,25)26)6-12(14)11-7-16(28-8-13(11)18(31)33-2)29-4-3-10(5-17(29)30)19(21,22)23/h3-9H,1-2H3. The first-order chi connectivity index (χ1) is 15.4. The minimum atomic E-state index is -4.83. The van der Waals surface area contributed by atoms with E-state index in [2.05, 4.69) is 14.7 Å². The van der Waals surface area contributed by atoms with Gasteiger partial charge in [-0.25, -0.2) is 14.8 Å². The molecule has 0 aliphatic heterocycles. The third kappa shape index (κ3) is 4.81. The molecule has 33 heavy (non-hydrogen) atoms. The number of carbonyl (C=O) groups excluding carboxylic acids is 1. The van der Waals surface area contributed by atoms with Crippen LogP contribution >= 0.6 is 0 Å². The van der Waals surface area contributed by atoms with Crippen molar-refractivity contribution >= 4 is 5.97 Å². The molecule has 0 aliphatic rings. The van der Waals surface area contributed by atoms with E-state index >= 15 is 0 Å². The van der Waals surface area contributed by atoms with E-state index in [-0.39, 0.29) is 28.3 Å². The molecule has 0 bridgehead atoms. The second-order valence-corrected chi connectivity index (χ2v) is 6.47. The molecule has 0 saturated carbocycles. The molecule has 174 valence electrons. The van der Waals surface area contributed by atoms with Gasteiger partial charge in [-0.1, -0.05) is 0 Å². The van der Waals surface area contributed by atoms with Crippen molar-refractivity contribution in [2.24, 2.45) is 0 Å². The Balaban J connectivity index is 2.28. The first kappa shape index (κ1) is 23.8. The van der Waals surface area contributed by atoms with Crippen LogP contribution in [0.1, 0.15) is 21.6 Å². The number of hydrogen-bond acceptors (Lipinski definition) is 6. The zero-order valence-electron chi connectivity index (χ0n) is 16.8. The molecule has 0 unspecified atom stereocenters. The first-order valence-electron chi connectivity index (χ1n) is 8.87. The number of ether oxygens (including phenoxy) is 2. The Morgan fingerprint density at radius 3 is 2.18 bits per heavy atom. The Morgan fingerprint density at radius 2 is 1.64 bits per heavy atom. The Hall–Kier alpha value is -3.90. The topological polar surface area (TPSA) is 83.3 Å². The van der Waals surface area contributed by atoms with Crippen LogP contribution < -0.4 is 10.3 Å². The fourth-order valence-corrected chi connectivity index (χ4v) is 2.89. The number of aromatic nitrogens is 3. The van der Waals surface area contributed by atoms with Gasteiger partial charge in [0.25, 0.3) is 5.56 Å². The van der Waals surface area contributed by atoms with Gasteiger partial charge in [0, 0.05) is 29.6 Å². The maximum atomic E-state index is 13.2. The molecule has 13 heteroatoms. The summed E-state index contributed by atoms with van der Waals surface area (Å²) in [6, 6.07) is 2.65. The number of hydrogen-bond donors (Lipinski definition) is 0. The van der Waals surface area contributed by atoms with E-state index in [0.717, 1.165) is 43.4 Å². The van der Waals surface area contributed by atoms with Crippen molar-refractivity contribution in [1.82, 2.24) is 14.5 Å². The van der Waals surface area contributed by atoms with Gasteiger partial charge in [0.05, 0.1) is 31.5 Å². The molecule has 0 spiro atoms. The second kappa shape index (κ2) is 8.56. The Morgan fingerprint density at radius 1 is 0.939 bits per heavy atom. The Bertz CT molecular complexity index is 1270. The minimum Gasteiger partial charge on any atom is -0.494 e. The van der Waals surface area contributed by atoms with Crippen molar-refractivity contribution in [1.29, 1.82) is 0 Å². The lowest BCUT2D eigenvalue weighted by Crippen LogP contribution is -2.21. The van der Waals surface area contributed by atoms with Crippen LogP contribution in [0, 0.1) is 0 Å². The zero-order chi connectivity index (χ0) is 24.6. The molecule has 0 aromatic carbocycles. The highest BCUT2D eigenvalue weighted by molar-refractivity contribution is 5.98. The molecular formula is C20H13F6N3O4. The number of methoxy groups -OCH3 is 2. The number of halogens is 6. The van der Waals surface area contributed by atoms with Crippen LogP contribution in [-0.2, 0) is 17.1 Å². The van der Waals surface area contributed by atoms with Gasteiger partial charge >= 0.3 is 18.3 Å². The average molecular weight is 473 g/mol. The molecule has 0 aliphatic carbocycles. The number of esters is 1. The van der Waals surface area contributed by atoms with Crippen LogP contribution in [0.15, 0.2) is 47.7 Å². The summed E-state index contributed by atoms with van der Waals surface area (Å²) in [5.74, 6) is -1.37. The molecular weight excluding hydrogens is 460 g/mol. The molecule has 0 radical (unpaired) electrons. The lowest BCUT2D eigenvalue weighted by Gasteiger charge is -2.16. The van der Waals surface area contributed by atoms with Crippen molar-refractivity contribution in [2.75, 3.05) is 14.2 Å². The predicted octanol–water partition coefficient (Wildman–Crippen LogP) is 4.13. The number of nitrogens with zero attached hydrogens (tertiary/aromatic N) is 3. The molecule has 7 nitrogen and oxygen atoms in total. The molecule has 0 fully saturated rings. The van der Waals surface area contributed by atoms with Gasteiger partial charge in [-0.3, -0.25) is 9.36 Å². The highest BCUT2D eigenvalue weighted by atomic mass is 19.4. The van der Waals surface area contributed by atoms with Gasteiger partial charge in [-0.15, -0.1) is 0 Å². The lowest BCUT2D eigenvalue weighted by molar-refractivity contribution is -0.141. The van der Waals surface area contributed by atoms with Crippen LogP contribution in [0.2, 0.25) is 0 Å². The van der Waals surface area contributed by atoms with Crippen LogP contribution in [0.3, 0.4) is 0 Å². The zero-order valence-corrected chi connectivity index (χ0v) is 16.8. The largest absolute Gasteiger partial charge is 0.494 e. The molecule has 3 aromatic rings. The fraction of sp³-hybridized carbons (Fsp3) is 0.200. The molecule has 0 amide bonds. The Labute approximate surface area is 181 Å². The van der Waals surface area contributed by atoms with E-state index in [0.29, 0.717) is 18.2 Å². The number of rotatable bonds is 4. The quantitative estimate of drug-likeness (QED) is 0.419. The molecule has 3 heterocycles. The summed E-state index contributed by atoms with van der Waals surface area (Å²) in [6.45, 7) is 0. The average Bonchev–Trinajstić information content (AvgIpc) is 2.76. The fourth-order valence-electron chi connectivity index (χ4n) is 2.89. The van der Waals surface area contributed by atoms with E-state index in [1.165, 1.54) is 0 Å². The summed E-state index contributed by atoms with van der Waals surface area (Å²) in [6.07, 6.45) is -7.06. The van der Waals surface area contributed by atoms with Gasteiger partial charge in [0.15, 0.2) is 0 Å². The maximum Gasteiger partial charge on any atom is 0.433 e.